The van der Waals surface area contributed by atoms with Crippen LogP contribution >= 0.6 is 12.2 Å². The fourth-order valence-electron chi connectivity index (χ4n) is 1.53. The number of hydrogen-bond acceptors (Lipinski definition) is 2. The van der Waals surface area contributed by atoms with Crippen LogP contribution in [0.25, 0.3) is 0 Å². The number of rotatable bonds is 2. The van der Waals surface area contributed by atoms with E-state index in [1.165, 1.54) is 12.1 Å². The van der Waals surface area contributed by atoms with Crippen LogP contribution in [0.15, 0.2) is 48.5 Å². The van der Waals surface area contributed by atoms with Gasteiger partial charge in [0, 0.05) is 18.4 Å². The van der Waals surface area contributed by atoms with Gasteiger partial charge < -0.3 is 15.3 Å². The lowest BCUT2D eigenvalue weighted by Gasteiger charge is -2.21. The lowest BCUT2D eigenvalue weighted by atomic mass is 10.3. The third kappa shape index (κ3) is 3.42. The van der Waals surface area contributed by atoms with E-state index >= 15 is 0 Å². The smallest absolute Gasteiger partial charge is 0.177 e. The molecule has 0 saturated carbocycles. The van der Waals surface area contributed by atoms with E-state index in [9.17, 15) is 9.50 Å². The van der Waals surface area contributed by atoms with Gasteiger partial charge in [0.1, 0.15) is 11.6 Å². The van der Waals surface area contributed by atoms with Crippen molar-refractivity contribution in [2.75, 3.05) is 17.3 Å². The van der Waals surface area contributed by atoms with Gasteiger partial charge in [-0.2, -0.15) is 0 Å². The second-order valence-corrected chi connectivity index (χ2v) is 4.40. The SMILES string of the molecule is CN(C(=S)Nc1ccc(F)cc1)c1ccc(O)cc1. The molecule has 0 fully saturated rings. The maximum Gasteiger partial charge on any atom is 0.177 e. The Morgan fingerprint density at radius 1 is 1.11 bits per heavy atom. The molecule has 0 saturated heterocycles. The molecule has 2 aromatic carbocycles. The molecule has 0 amide bonds. The van der Waals surface area contributed by atoms with Crippen molar-refractivity contribution in [3.05, 3.63) is 54.3 Å². The first-order valence-electron chi connectivity index (χ1n) is 5.65. The van der Waals surface area contributed by atoms with Crippen molar-refractivity contribution in [3.63, 3.8) is 0 Å². The molecule has 0 unspecified atom stereocenters. The number of anilines is 2. The Hall–Kier alpha value is -2.14. The Kier molecular flexibility index (Phi) is 3.97. The van der Waals surface area contributed by atoms with Crippen LogP contribution in [-0.2, 0) is 0 Å². The van der Waals surface area contributed by atoms with Crippen LogP contribution in [0, 0.1) is 5.82 Å². The summed E-state index contributed by atoms with van der Waals surface area (Å²) in [5.41, 5.74) is 1.56. The summed E-state index contributed by atoms with van der Waals surface area (Å²) in [5.74, 6) is -0.0853. The van der Waals surface area contributed by atoms with Crippen LogP contribution in [0.3, 0.4) is 0 Å². The van der Waals surface area contributed by atoms with Crippen molar-refractivity contribution < 1.29 is 9.50 Å². The summed E-state index contributed by atoms with van der Waals surface area (Å²) in [6, 6.07) is 12.7. The number of benzene rings is 2. The maximum atomic E-state index is 12.8. The van der Waals surface area contributed by atoms with Crippen LogP contribution in [-0.4, -0.2) is 17.3 Å². The van der Waals surface area contributed by atoms with Crippen molar-refractivity contribution in [2.24, 2.45) is 0 Å². The molecule has 98 valence electrons. The average molecular weight is 276 g/mol. The van der Waals surface area contributed by atoms with E-state index in [4.69, 9.17) is 12.2 Å². The van der Waals surface area contributed by atoms with Crippen LogP contribution < -0.4 is 10.2 Å². The van der Waals surface area contributed by atoms with E-state index in [1.807, 2.05) is 7.05 Å². The number of aromatic hydroxyl groups is 1. The standard InChI is InChI=1S/C14H13FN2OS/c1-17(12-6-8-13(18)9-7-12)14(19)16-11-4-2-10(15)3-5-11/h2-9,18H,1H3,(H,16,19). The minimum absolute atomic E-state index is 0.203. The third-order valence-corrected chi connectivity index (χ3v) is 3.01. The largest absolute Gasteiger partial charge is 0.508 e. The molecule has 0 radical (unpaired) electrons. The number of nitrogens with one attached hydrogen (secondary N) is 1. The predicted molar refractivity (Wildman–Crippen MR) is 79.1 cm³/mol. The summed E-state index contributed by atoms with van der Waals surface area (Å²) in [7, 11) is 1.81. The zero-order valence-corrected chi connectivity index (χ0v) is 11.1. The molecule has 0 aliphatic rings. The minimum Gasteiger partial charge on any atom is -0.508 e. The summed E-state index contributed by atoms with van der Waals surface area (Å²) in [6.07, 6.45) is 0. The third-order valence-electron chi connectivity index (χ3n) is 2.64. The molecule has 19 heavy (non-hydrogen) atoms. The number of halogens is 1. The second kappa shape index (κ2) is 5.67. The van der Waals surface area contributed by atoms with Gasteiger partial charge in [0.15, 0.2) is 5.11 Å². The second-order valence-electron chi connectivity index (χ2n) is 4.01. The first kappa shape index (κ1) is 13.3. The van der Waals surface area contributed by atoms with E-state index in [0.717, 1.165) is 11.4 Å². The molecule has 0 aliphatic heterocycles. The number of phenolic OH excluding ortho intramolecular Hbond substituents is 1. The minimum atomic E-state index is -0.289. The first-order chi connectivity index (χ1) is 9.06. The van der Waals surface area contributed by atoms with E-state index in [1.54, 1.807) is 41.3 Å². The first-order valence-corrected chi connectivity index (χ1v) is 6.06. The molecule has 0 heterocycles. The van der Waals surface area contributed by atoms with Crippen molar-refractivity contribution >= 4 is 28.7 Å². The number of nitrogens with zero attached hydrogens (tertiary/aromatic N) is 1. The van der Waals surface area contributed by atoms with Gasteiger partial charge in [0.05, 0.1) is 0 Å². The maximum absolute atomic E-state index is 12.8. The predicted octanol–water partition coefficient (Wildman–Crippen LogP) is 3.36. The highest BCUT2D eigenvalue weighted by Gasteiger charge is 2.07. The van der Waals surface area contributed by atoms with Crippen molar-refractivity contribution in [2.45, 2.75) is 0 Å². The lowest BCUT2D eigenvalue weighted by Crippen LogP contribution is -2.30. The molecule has 0 atom stereocenters. The van der Waals surface area contributed by atoms with Crippen molar-refractivity contribution in [1.82, 2.24) is 0 Å². The highest BCUT2D eigenvalue weighted by Crippen LogP contribution is 2.18. The van der Waals surface area contributed by atoms with Crippen LogP contribution in [0.4, 0.5) is 15.8 Å². The normalized spacial score (nSPS) is 10.0. The van der Waals surface area contributed by atoms with Gasteiger partial charge in [-0.25, -0.2) is 4.39 Å². The molecule has 3 nitrogen and oxygen atoms in total. The Labute approximate surface area is 116 Å². The van der Waals surface area contributed by atoms with Gasteiger partial charge >= 0.3 is 0 Å². The average Bonchev–Trinajstić information content (AvgIpc) is 2.41. The van der Waals surface area contributed by atoms with Crippen molar-refractivity contribution in [1.29, 1.82) is 0 Å². The van der Waals surface area contributed by atoms with Gasteiger partial charge in [-0.1, -0.05) is 0 Å². The van der Waals surface area contributed by atoms with Crippen LogP contribution in [0.5, 0.6) is 5.75 Å². The monoisotopic (exact) mass is 276 g/mol. The molecule has 5 heteroatoms. The van der Waals surface area contributed by atoms with E-state index in [0.29, 0.717) is 5.11 Å². The zero-order valence-electron chi connectivity index (χ0n) is 10.3. The highest BCUT2D eigenvalue weighted by molar-refractivity contribution is 7.80. The molecule has 0 aliphatic carbocycles. The molecule has 2 aromatic rings. The summed E-state index contributed by atoms with van der Waals surface area (Å²) < 4.78 is 12.8. The topological polar surface area (TPSA) is 35.5 Å². The highest BCUT2D eigenvalue weighted by atomic mass is 32.1. The Morgan fingerprint density at radius 2 is 1.68 bits per heavy atom. The summed E-state index contributed by atoms with van der Waals surface area (Å²) >= 11 is 5.26. The van der Waals surface area contributed by atoms with Crippen molar-refractivity contribution in [3.8, 4) is 5.75 Å². The Balaban J connectivity index is 2.07. The molecular weight excluding hydrogens is 263 g/mol. The summed E-state index contributed by atoms with van der Waals surface area (Å²) in [5, 5.41) is 12.7. The number of hydrogen-bond donors (Lipinski definition) is 2. The molecule has 0 bridgehead atoms. The van der Waals surface area contributed by atoms with Gasteiger partial charge in [-0.05, 0) is 60.7 Å². The summed E-state index contributed by atoms with van der Waals surface area (Å²) in [4.78, 5) is 1.76. The van der Waals surface area contributed by atoms with E-state index in [-0.39, 0.29) is 11.6 Å². The van der Waals surface area contributed by atoms with Gasteiger partial charge in [-0.3, -0.25) is 0 Å². The van der Waals surface area contributed by atoms with Gasteiger partial charge in [-0.15, -0.1) is 0 Å². The molecule has 0 spiro atoms. The molecule has 2 N–H and O–H groups in total. The Bertz CT molecular complexity index is 569. The Morgan fingerprint density at radius 3 is 2.26 bits per heavy atom. The van der Waals surface area contributed by atoms with E-state index < -0.39 is 0 Å². The quantitative estimate of drug-likeness (QED) is 0.824. The zero-order chi connectivity index (χ0) is 13.8. The fourth-order valence-corrected chi connectivity index (χ4v) is 1.76. The van der Waals surface area contributed by atoms with Gasteiger partial charge in [0.2, 0.25) is 0 Å². The molecular formula is C14H13FN2OS. The number of phenols is 1. The van der Waals surface area contributed by atoms with Crippen LogP contribution in [0.1, 0.15) is 0 Å². The van der Waals surface area contributed by atoms with Gasteiger partial charge in [0.25, 0.3) is 0 Å². The lowest BCUT2D eigenvalue weighted by molar-refractivity contribution is 0.475. The molecule has 0 aromatic heterocycles. The van der Waals surface area contributed by atoms with E-state index in [2.05, 4.69) is 5.32 Å². The van der Waals surface area contributed by atoms with Crippen LogP contribution in [0.2, 0.25) is 0 Å². The molecule has 2 rings (SSSR count). The fraction of sp³-hybridized carbons (Fsp3) is 0.0714. The number of thiocarbonyl (C=S) groups is 1. The summed E-state index contributed by atoms with van der Waals surface area (Å²) in [6.45, 7) is 0.